The zero-order valence-electron chi connectivity index (χ0n) is 11.5. The van der Waals surface area contributed by atoms with E-state index in [2.05, 4.69) is 5.32 Å². The van der Waals surface area contributed by atoms with Gasteiger partial charge in [-0.2, -0.15) is 0 Å². The fourth-order valence-corrected chi connectivity index (χ4v) is 3.58. The monoisotopic (exact) mass is 303 g/mol. The van der Waals surface area contributed by atoms with Crippen LogP contribution in [0.5, 0.6) is 0 Å². The Bertz CT molecular complexity index is 505. The Morgan fingerprint density at radius 1 is 1.55 bits per heavy atom. The number of rotatable bonds is 4. The summed E-state index contributed by atoms with van der Waals surface area (Å²) in [6.45, 7) is 1.05. The Morgan fingerprint density at radius 3 is 2.90 bits per heavy atom. The molecule has 2 fully saturated rings. The highest BCUT2D eigenvalue weighted by Gasteiger charge is 2.43. The summed E-state index contributed by atoms with van der Waals surface area (Å²) in [5.74, 6) is -0.495. The Hall–Kier alpha value is -1.15. The Labute approximate surface area is 118 Å². The lowest BCUT2D eigenvalue weighted by atomic mass is 9.91. The first-order valence-electron chi connectivity index (χ1n) is 6.81. The summed E-state index contributed by atoms with van der Waals surface area (Å²) in [5.41, 5.74) is 5.81. The summed E-state index contributed by atoms with van der Waals surface area (Å²) >= 11 is 0. The Balaban J connectivity index is 1.99. The van der Waals surface area contributed by atoms with Crippen LogP contribution in [0.15, 0.2) is 0 Å². The standard InChI is InChI=1S/C12H21N3O4S/c1-20(18,19)6-4-9(13)12(17)15-5-2-3-8-10(15)7-14-11(8)16/h8-10H,2-7,13H2,1H3,(H,14,16). The van der Waals surface area contributed by atoms with E-state index in [1.54, 1.807) is 4.90 Å². The summed E-state index contributed by atoms with van der Waals surface area (Å²) in [6.07, 6.45) is 2.81. The SMILES string of the molecule is CS(=O)(=O)CCC(N)C(=O)N1CCCC2C(=O)NCC21. The third-order valence-electron chi connectivity index (χ3n) is 4.00. The molecule has 2 rings (SSSR count). The van der Waals surface area contributed by atoms with E-state index in [9.17, 15) is 18.0 Å². The molecule has 3 atom stereocenters. The number of carbonyl (C=O) groups is 2. The van der Waals surface area contributed by atoms with Gasteiger partial charge in [0, 0.05) is 19.3 Å². The molecule has 2 aliphatic rings. The molecule has 20 heavy (non-hydrogen) atoms. The van der Waals surface area contributed by atoms with Crippen LogP contribution in [0, 0.1) is 5.92 Å². The lowest BCUT2D eigenvalue weighted by Crippen LogP contribution is -2.54. The second kappa shape index (κ2) is 5.69. The lowest BCUT2D eigenvalue weighted by molar-refractivity contribution is -0.138. The molecule has 0 bridgehead atoms. The molecule has 2 saturated heterocycles. The van der Waals surface area contributed by atoms with Crippen LogP contribution < -0.4 is 11.1 Å². The highest BCUT2D eigenvalue weighted by molar-refractivity contribution is 7.90. The molecule has 7 nitrogen and oxygen atoms in total. The fourth-order valence-electron chi connectivity index (χ4n) is 2.90. The third-order valence-corrected chi connectivity index (χ3v) is 4.98. The smallest absolute Gasteiger partial charge is 0.239 e. The van der Waals surface area contributed by atoms with Crippen molar-refractivity contribution in [2.75, 3.05) is 25.1 Å². The van der Waals surface area contributed by atoms with Crippen LogP contribution in [-0.4, -0.2) is 62.3 Å². The summed E-state index contributed by atoms with van der Waals surface area (Å²) in [4.78, 5) is 25.6. The minimum atomic E-state index is -3.13. The maximum atomic E-state index is 12.3. The molecule has 3 N–H and O–H groups in total. The van der Waals surface area contributed by atoms with Crippen LogP contribution in [0.4, 0.5) is 0 Å². The molecular weight excluding hydrogens is 282 g/mol. The predicted molar refractivity (Wildman–Crippen MR) is 73.5 cm³/mol. The highest BCUT2D eigenvalue weighted by atomic mass is 32.2. The van der Waals surface area contributed by atoms with Crippen LogP contribution in [0.2, 0.25) is 0 Å². The molecule has 2 amide bonds. The van der Waals surface area contributed by atoms with Gasteiger partial charge in [0.05, 0.1) is 23.8 Å². The van der Waals surface area contributed by atoms with E-state index < -0.39 is 15.9 Å². The average Bonchev–Trinajstić information content (AvgIpc) is 2.76. The number of amides is 2. The third kappa shape index (κ3) is 3.29. The van der Waals surface area contributed by atoms with Crippen molar-refractivity contribution in [2.45, 2.75) is 31.3 Å². The topological polar surface area (TPSA) is 110 Å². The van der Waals surface area contributed by atoms with Crippen LogP contribution in [0.25, 0.3) is 0 Å². The fraction of sp³-hybridized carbons (Fsp3) is 0.833. The zero-order chi connectivity index (χ0) is 14.9. The van der Waals surface area contributed by atoms with E-state index in [4.69, 9.17) is 5.73 Å². The van der Waals surface area contributed by atoms with Gasteiger partial charge in [-0.05, 0) is 19.3 Å². The maximum Gasteiger partial charge on any atom is 0.239 e. The number of nitrogens with zero attached hydrogens (tertiary/aromatic N) is 1. The van der Waals surface area contributed by atoms with Crippen molar-refractivity contribution in [3.8, 4) is 0 Å². The molecular formula is C12H21N3O4S. The van der Waals surface area contributed by atoms with Gasteiger partial charge in [-0.3, -0.25) is 9.59 Å². The van der Waals surface area contributed by atoms with Crippen molar-refractivity contribution in [3.05, 3.63) is 0 Å². The highest BCUT2D eigenvalue weighted by Crippen LogP contribution is 2.27. The quantitative estimate of drug-likeness (QED) is 0.656. The summed E-state index contributed by atoms with van der Waals surface area (Å²) in [5, 5.41) is 2.77. The zero-order valence-corrected chi connectivity index (χ0v) is 12.4. The molecule has 0 aliphatic carbocycles. The van der Waals surface area contributed by atoms with Gasteiger partial charge in [0.25, 0.3) is 0 Å². The molecule has 8 heteroatoms. The van der Waals surface area contributed by atoms with Gasteiger partial charge in [0.2, 0.25) is 11.8 Å². The summed E-state index contributed by atoms with van der Waals surface area (Å²) in [6, 6.07) is -0.952. The number of hydrogen-bond acceptors (Lipinski definition) is 5. The van der Waals surface area contributed by atoms with E-state index in [1.807, 2.05) is 0 Å². The van der Waals surface area contributed by atoms with Crippen molar-refractivity contribution in [1.82, 2.24) is 10.2 Å². The molecule has 0 saturated carbocycles. The van der Waals surface area contributed by atoms with E-state index >= 15 is 0 Å². The van der Waals surface area contributed by atoms with Gasteiger partial charge in [-0.25, -0.2) is 8.42 Å². The van der Waals surface area contributed by atoms with E-state index in [1.165, 1.54) is 0 Å². The number of nitrogens with two attached hydrogens (primary N) is 1. The van der Waals surface area contributed by atoms with E-state index in [0.29, 0.717) is 13.1 Å². The number of carbonyl (C=O) groups excluding carboxylic acids is 2. The summed E-state index contributed by atoms with van der Waals surface area (Å²) in [7, 11) is -3.13. The number of nitrogens with one attached hydrogen (secondary N) is 1. The minimum Gasteiger partial charge on any atom is -0.354 e. The van der Waals surface area contributed by atoms with Gasteiger partial charge in [0.15, 0.2) is 0 Å². The van der Waals surface area contributed by atoms with Crippen molar-refractivity contribution in [3.63, 3.8) is 0 Å². The van der Waals surface area contributed by atoms with E-state index in [0.717, 1.165) is 19.1 Å². The normalized spacial score (nSPS) is 27.9. The lowest BCUT2D eigenvalue weighted by Gasteiger charge is -2.37. The minimum absolute atomic E-state index is 0.00259. The molecule has 0 aromatic rings. The average molecular weight is 303 g/mol. The first-order valence-corrected chi connectivity index (χ1v) is 8.87. The molecule has 3 unspecified atom stereocenters. The van der Waals surface area contributed by atoms with Gasteiger partial charge in [-0.1, -0.05) is 0 Å². The van der Waals surface area contributed by atoms with Gasteiger partial charge < -0.3 is 16.0 Å². The van der Waals surface area contributed by atoms with Crippen LogP contribution >= 0.6 is 0 Å². The largest absolute Gasteiger partial charge is 0.354 e. The molecule has 2 aliphatic heterocycles. The van der Waals surface area contributed by atoms with Crippen LogP contribution in [-0.2, 0) is 19.4 Å². The van der Waals surface area contributed by atoms with Crippen molar-refractivity contribution in [2.24, 2.45) is 11.7 Å². The molecule has 0 radical (unpaired) electrons. The maximum absolute atomic E-state index is 12.3. The molecule has 0 aromatic heterocycles. The number of sulfone groups is 1. The number of piperidine rings is 1. The molecule has 0 spiro atoms. The predicted octanol–water partition coefficient (Wildman–Crippen LogP) is -1.51. The van der Waals surface area contributed by atoms with Crippen LogP contribution in [0.3, 0.4) is 0 Å². The first kappa shape index (κ1) is 15.2. The van der Waals surface area contributed by atoms with Crippen LogP contribution in [0.1, 0.15) is 19.3 Å². The second-order valence-electron chi connectivity index (χ2n) is 5.62. The second-order valence-corrected chi connectivity index (χ2v) is 7.88. The van der Waals surface area contributed by atoms with E-state index in [-0.39, 0.29) is 35.9 Å². The molecule has 2 heterocycles. The van der Waals surface area contributed by atoms with Crippen molar-refractivity contribution in [1.29, 1.82) is 0 Å². The number of hydrogen-bond donors (Lipinski definition) is 2. The number of likely N-dealkylation sites (tertiary alicyclic amines) is 1. The Kier molecular flexibility index (Phi) is 4.33. The summed E-state index contributed by atoms with van der Waals surface area (Å²) < 4.78 is 22.3. The van der Waals surface area contributed by atoms with Gasteiger partial charge in [0.1, 0.15) is 9.84 Å². The number of fused-ring (bicyclic) bond motifs is 1. The van der Waals surface area contributed by atoms with Gasteiger partial charge >= 0.3 is 0 Å². The first-order chi connectivity index (χ1) is 9.29. The molecule has 114 valence electrons. The molecule has 0 aromatic carbocycles. The Morgan fingerprint density at radius 2 is 2.25 bits per heavy atom. The van der Waals surface area contributed by atoms with Gasteiger partial charge in [-0.15, -0.1) is 0 Å². The van der Waals surface area contributed by atoms with Crippen molar-refractivity contribution < 1.29 is 18.0 Å². The van der Waals surface area contributed by atoms with Crippen molar-refractivity contribution >= 4 is 21.7 Å².